The summed E-state index contributed by atoms with van der Waals surface area (Å²) < 4.78 is 12.4. The lowest BCUT2D eigenvalue weighted by molar-refractivity contribution is -0.115. The number of carbonyl (C=O) groups excluding carboxylic acids is 1. The zero-order valence-corrected chi connectivity index (χ0v) is 17.0. The van der Waals surface area contributed by atoms with Gasteiger partial charge in [-0.05, 0) is 50.2 Å². The minimum Gasteiger partial charge on any atom is -0.497 e. The van der Waals surface area contributed by atoms with Gasteiger partial charge < -0.3 is 14.8 Å². The van der Waals surface area contributed by atoms with Crippen LogP contribution in [0.4, 0.5) is 5.69 Å². The molecule has 0 bridgehead atoms. The molecule has 146 valence electrons. The highest BCUT2D eigenvalue weighted by Gasteiger charge is 2.17. The van der Waals surface area contributed by atoms with Crippen molar-refractivity contribution in [1.29, 1.82) is 0 Å². The minimum absolute atomic E-state index is 0.159. The zero-order valence-electron chi connectivity index (χ0n) is 16.2. The van der Waals surface area contributed by atoms with Crippen LogP contribution >= 0.6 is 11.6 Å². The third kappa shape index (κ3) is 4.12. The van der Waals surface area contributed by atoms with Crippen molar-refractivity contribution in [3.05, 3.63) is 64.4 Å². The molecule has 0 aliphatic carbocycles. The maximum atomic E-state index is 12.7. The molecule has 3 rings (SSSR count). The smallest absolute Gasteiger partial charge is 0.229 e. The molecule has 7 heteroatoms. The van der Waals surface area contributed by atoms with Crippen molar-refractivity contribution in [1.82, 2.24) is 9.78 Å². The van der Waals surface area contributed by atoms with Crippen LogP contribution in [0.2, 0.25) is 5.02 Å². The first-order chi connectivity index (χ1) is 13.4. The van der Waals surface area contributed by atoms with Gasteiger partial charge in [-0.15, -0.1) is 0 Å². The molecule has 0 atom stereocenters. The Morgan fingerprint density at radius 2 is 1.82 bits per heavy atom. The van der Waals surface area contributed by atoms with E-state index in [9.17, 15) is 4.79 Å². The number of halogens is 1. The first-order valence-corrected chi connectivity index (χ1v) is 9.13. The van der Waals surface area contributed by atoms with Gasteiger partial charge in [0.15, 0.2) is 0 Å². The summed E-state index contributed by atoms with van der Waals surface area (Å²) in [5.41, 5.74) is 4.06. The van der Waals surface area contributed by atoms with E-state index >= 15 is 0 Å². The topological polar surface area (TPSA) is 65.4 Å². The molecule has 3 aromatic rings. The summed E-state index contributed by atoms with van der Waals surface area (Å²) in [5, 5.41) is 8.14. The monoisotopic (exact) mass is 399 g/mol. The van der Waals surface area contributed by atoms with Gasteiger partial charge in [0.05, 0.1) is 37.7 Å². The van der Waals surface area contributed by atoms with Gasteiger partial charge in [-0.1, -0.05) is 11.6 Å². The Bertz CT molecular complexity index is 997. The molecule has 1 aromatic heterocycles. The number of carbonyl (C=O) groups is 1. The van der Waals surface area contributed by atoms with E-state index < -0.39 is 0 Å². The van der Waals surface area contributed by atoms with E-state index in [-0.39, 0.29) is 12.3 Å². The summed E-state index contributed by atoms with van der Waals surface area (Å²) in [5.74, 6) is 1.05. The van der Waals surface area contributed by atoms with Crippen LogP contribution in [0.3, 0.4) is 0 Å². The average Bonchev–Trinajstić information content (AvgIpc) is 2.96. The summed E-state index contributed by atoms with van der Waals surface area (Å²) >= 11 is 5.97. The van der Waals surface area contributed by atoms with E-state index in [2.05, 4.69) is 10.4 Å². The third-order valence-corrected chi connectivity index (χ3v) is 4.78. The molecule has 0 saturated carbocycles. The van der Waals surface area contributed by atoms with Gasteiger partial charge in [-0.25, -0.2) is 4.68 Å². The molecule has 1 heterocycles. The summed E-state index contributed by atoms with van der Waals surface area (Å²) in [4.78, 5) is 12.7. The SMILES string of the molecule is COc1ccc(OC)c(NC(=O)Cc2c(C)nn(-c3ccc(Cl)cc3)c2C)c1. The number of nitrogens with one attached hydrogen (secondary N) is 1. The highest BCUT2D eigenvalue weighted by atomic mass is 35.5. The van der Waals surface area contributed by atoms with Crippen LogP contribution in [0.5, 0.6) is 11.5 Å². The van der Waals surface area contributed by atoms with Crippen molar-refractivity contribution in [3.63, 3.8) is 0 Å². The van der Waals surface area contributed by atoms with Crippen molar-refractivity contribution in [2.45, 2.75) is 20.3 Å². The fourth-order valence-electron chi connectivity index (χ4n) is 3.03. The summed E-state index contributed by atoms with van der Waals surface area (Å²) in [6.07, 6.45) is 0.200. The number of aryl methyl sites for hydroxylation is 1. The van der Waals surface area contributed by atoms with E-state index in [4.69, 9.17) is 21.1 Å². The van der Waals surface area contributed by atoms with Gasteiger partial charge in [-0.3, -0.25) is 4.79 Å². The Hall–Kier alpha value is -2.99. The molecular weight excluding hydrogens is 378 g/mol. The maximum Gasteiger partial charge on any atom is 0.229 e. The number of amides is 1. The van der Waals surface area contributed by atoms with Crippen molar-refractivity contribution in [2.75, 3.05) is 19.5 Å². The van der Waals surface area contributed by atoms with Crippen molar-refractivity contribution >= 4 is 23.2 Å². The highest BCUT2D eigenvalue weighted by molar-refractivity contribution is 6.30. The van der Waals surface area contributed by atoms with E-state index in [0.29, 0.717) is 22.2 Å². The maximum absolute atomic E-state index is 12.7. The average molecular weight is 400 g/mol. The van der Waals surface area contributed by atoms with Crippen LogP contribution in [-0.2, 0) is 11.2 Å². The van der Waals surface area contributed by atoms with Crippen LogP contribution < -0.4 is 14.8 Å². The van der Waals surface area contributed by atoms with Crippen LogP contribution in [0.1, 0.15) is 17.0 Å². The van der Waals surface area contributed by atoms with E-state index in [0.717, 1.165) is 22.6 Å². The highest BCUT2D eigenvalue weighted by Crippen LogP contribution is 2.29. The van der Waals surface area contributed by atoms with Gasteiger partial charge in [0.2, 0.25) is 5.91 Å². The van der Waals surface area contributed by atoms with E-state index in [1.807, 2.05) is 42.8 Å². The van der Waals surface area contributed by atoms with Crippen LogP contribution in [-0.4, -0.2) is 29.9 Å². The molecule has 0 radical (unpaired) electrons. The largest absolute Gasteiger partial charge is 0.497 e. The number of methoxy groups -OCH3 is 2. The van der Waals surface area contributed by atoms with Gasteiger partial charge in [0, 0.05) is 22.3 Å². The molecular formula is C21H22ClN3O3. The molecule has 0 fully saturated rings. The van der Waals surface area contributed by atoms with Crippen LogP contribution in [0, 0.1) is 13.8 Å². The number of anilines is 1. The molecule has 1 amide bonds. The predicted molar refractivity (Wildman–Crippen MR) is 110 cm³/mol. The Morgan fingerprint density at radius 1 is 1.11 bits per heavy atom. The fraction of sp³-hybridized carbons (Fsp3) is 0.238. The molecule has 2 aromatic carbocycles. The first kappa shape index (κ1) is 19.8. The number of aromatic nitrogens is 2. The summed E-state index contributed by atoms with van der Waals surface area (Å²) in [7, 11) is 3.13. The van der Waals surface area contributed by atoms with Crippen LogP contribution in [0.15, 0.2) is 42.5 Å². The number of hydrogen-bond acceptors (Lipinski definition) is 4. The molecule has 0 saturated heterocycles. The van der Waals surface area contributed by atoms with Gasteiger partial charge in [0.25, 0.3) is 0 Å². The molecule has 0 unspecified atom stereocenters. The van der Waals surface area contributed by atoms with Gasteiger partial charge in [0.1, 0.15) is 11.5 Å². The number of benzene rings is 2. The first-order valence-electron chi connectivity index (χ1n) is 8.76. The molecule has 0 aliphatic rings. The summed E-state index contributed by atoms with van der Waals surface area (Å²) in [6.45, 7) is 3.84. The minimum atomic E-state index is -0.159. The lowest BCUT2D eigenvalue weighted by Gasteiger charge is -2.12. The third-order valence-electron chi connectivity index (χ3n) is 4.53. The Labute approximate surface area is 169 Å². The lowest BCUT2D eigenvalue weighted by atomic mass is 10.1. The zero-order chi connectivity index (χ0) is 20.3. The van der Waals surface area contributed by atoms with E-state index in [1.54, 1.807) is 32.4 Å². The number of rotatable bonds is 6. The van der Waals surface area contributed by atoms with Crippen molar-refractivity contribution < 1.29 is 14.3 Å². The second-order valence-corrected chi connectivity index (χ2v) is 6.77. The Kier molecular flexibility index (Phi) is 5.90. The second-order valence-electron chi connectivity index (χ2n) is 6.33. The van der Waals surface area contributed by atoms with Gasteiger partial charge >= 0.3 is 0 Å². The number of ether oxygens (including phenoxy) is 2. The number of nitrogens with zero attached hydrogens (tertiary/aromatic N) is 2. The molecule has 0 aliphatic heterocycles. The van der Waals surface area contributed by atoms with Crippen LogP contribution in [0.25, 0.3) is 5.69 Å². The number of hydrogen-bond donors (Lipinski definition) is 1. The lowest BCUT2D eigenvalue weighted by Crippen LogP contribution is -2.16. The van der Waals surface area contributed by atoms with Gasteiger partial charge in [-0.2, -0.15) is 5.10 Å². The van der Waals surface area contributed by atoms with Crippen molar-refractivity contribution in [3.8, 4) is 17.2 Å². The predicted octanol–water partition coefficient (Wildman–Crippen LogP) is 4.34. The second kappa shape index (κ2) is 8.35. The Morgan fingerprint density at radius 3 is 2.46 bits per heavy atom. The molecule has 6 nitrogen and oxygen atoms in total. The molecule has 0 spiro atoms. The van der Waals surface area contributed by atoms with Crippen molar-refractivity contribution in [2.24, 2.45) is 0 Å². The molecule has 28 heavy (non-hydrogen) atoms. The normalized spacial score (nSPS) is 10.6. The fourth-order valence-corrected chi connectivity index (χ4v) is 3.16. The summed E-state index contributed by atoms with van der Waals surface area (Å²) in [6, 6.07) is 12.7. The quantitative estimate of drug-likeness (QED) is 0.669. The Balaban J connectivity index is 1.82. The van der Waals surface area contributed by atoms with E-state index in [1.165, 1.54) is 0 Å². The molecule has 1 N–H and O–H groups in total. The standard InChI is InChI=1S/C21H22ClN3O3/c1-13-18(14(2)25(24-13)16-7-5-15(22)6-8-16)12-21(26)23-19-11-17(27-3)9-10-20(19)28-4/h5-11H,12H2,1-4H3,(H,23,26).